The highest BCUT2D eigenvalue weighted by Gasteiger charge is 2.35. The summed E-state index contributed by atoms with van der Waals surface area (Å²) in [5, 5.41) is 4.96. The SMILES string of the molecule is O=C1c2ccccc2C(=O)N1/N=C/c1cccc(Oc2ccccc2)c1. The van der Waals surface area contributed by atoms with Crippen molar-refractivity contribution in [2.75, 3.05) is 0 Å². The van der Waals surface area contributed by atoms with E-state index in [-0.39, 0.29) is 0 Å². The molecule has 0 saturated carbocycles. The van der Waals surface area contributed by atoms with E-state index < -0.39 is 11.8 Å². The van der Waals surface area contributed by atoms with Gasteiger partial charge in [0.15, 0.2) is 0 Å². The second kappa shape index (κ2) is 6.64. The van der Waals surface area contributed by atoms with Crippen LogP contribution in [-0.4, -0.2) is 23.0 Å². The zero-order valence-electron chi connectivity index (χ0n) is 13.7. The second-order valence-electron chi connectivity index (χ2n) is 5.70. The molecular weight excluding hydrogens is 328 g/mol. The van der Waals surface area contributed by atoms with E-state index in [4.69, 9.17) is 4.74 Å². The number of rotatable bonds is 4. The largest absolute Gasteiger partial charge is 0.457 e. The van der Waals surface area contributed by atoms with Crippen LogP contribution in [0, 0.1) is 0 Å². The highest BCUT2D eigenvalue weighted by Crippen LogP contribution is 2.23. The van der Waals surface area contributed by atoms with Gasteiger partial charge in [0.1, 0.15) is 11.5 Å². The van der Waals surface area contributed by atoms with E-state index in [2.05, 4.69) is 5.10 Å². The maximum atomic E-state index is 12.3. The Balaban J connectivity index is 1.54. The number of fused-ring (bicyclic) bond motifs is 1. The molecule has 5 heteroatoms. The lowest BCUT2D eigenvalue weighted by Gasteiger charge is -2.07. The number of ether oxygens (including phenoxy) is 1. The molecule has 3 aromatic rings. The van der Waals surface area contributed by atoms with E-state index in [1.165, 1.54) is 6.21 Å². The van der Waals surface area contributed by atoms with Gasteiger partial charge in [-0.15, -0.1) is 0 Å². The third-order valence-electron chi connectivity index (χ3n) is 3.93. The van der Waals surface area contributed by atoms with Crippen molar-refractivity contribution >= 4 is 18.0 Å². The zero-order chi connectivity index (χ0) is 17.9. The van der Waals surface area contributed by atoms with Gasteiger partial charge in [-0.25, -0.2) is 0 Å². The summed E-state index contributed by atoms with van der Waals surface area (Å²) >= 11 is 0. The van der Waals surface area contributed by atoms with Crippen molar-refractivity contribution in [2.45, 2.75) is 0 Å². The number of hydrogen-bond acceptors (Lipinski definition) is 4. The van der Waals surface area contributed by atoms with E-state index in [0.29, 0.717) is 16.9 Å². The Morgan fingerprint density at radius 2 is 1.35 bits per heavy atom. The summed E-state index contributed by atoms with van der Waals surface area (Å²) in [6.45, 7) is 0. The Morgan fingerprint density at radius 3 is 2.04 bits per heavy atom. The molecule has 1 aliphatic heterocycles. The monoisotopic (exact) mass is 342 g/mol. The molecular formula is C21H14N2O3. The number of carbonyl (C=O) groups is 2. The fourth-order valence-corrected chi connectivity index (χ4v) is 2.69. The van der Waals surface area contributed by atoms with Gasteiger partial charge >= 0.3 is 0 Å². The normalized spacial score (nSPS) is 13.3. The summed E-state index contributed by atoms with van der Waals surface area (Å²) in [5.74, 6) is 0.529. The fraction of sp³-hybridized carbons (Fsp3) is 0. The van der Waals surface area contributed by atoms with Crippen molar-refractivity contribution in [3.8, 4) is 11.5 Å². The number of hydrazone groups is 1. The highest BCUT2D eigenvalue weighted by atomic mass is 16.5. The van der Waals surface area contributed by atoms with Crippen LogP contribution in [0.2, 0.25) is 0 Å². The quantitative estimate of drug-likeness (QED) is 0.529. The topological polar surface area (TPSA) is 59.0 Å². The van der Waals surface area contributed by atoms with Crippen LogP contribution in [0.5, 0.6) is 11.5 Å². The zero-order valence-corrected chi connectivity index (χ0v) is 13.7. The minimum Gasteiger partial charge on any atom is -0.457 e. The molecule has 0 aromatic heterocycles. The van der Waals surface area contributed by atoms with Crippen molar-refractivity contribution in [3.05, 3.63) is 95.6 Å². The maximum Gasteiger partial charge on any atom is 0.282 e. The molecule has 0 atom stereocenters. The molecule has 1 heterocycles. The Morgan fingerprint density at radius 1 is 0.731 bits per heavy atom. The van der Waals surface area contributed by atoms with Crippen molar-refractivity contribution in [2.24, 2.45) is 5.10 Å². The summed E-state index contributed by atoms with van der Waals surface area (Å²) < 4.78 is 5.77. The van der Waals surface area contributed by atoms with Crippen LogP contribution in [0.4, 0.5) is 0 Å². The Kier molecular flexibility index (Phi) is 4.03. The third kappa shape index (κ3) is 2.98. The van der Waals surface area contributed by atoms with Gasteiger partial charge in [-0.2, -0.15) is 10.1 Å². The molecule has 0 spiro atoms. The summed E-state index contributed by atoms with van der Waals surface area (Å²) in [4.78, 5) is 24.6. The smallest absolute Gasteiger partial charge is 0.282 e. The molecule has 3 aromatic carbocycles. The Labute approximate surface area is 150 Å². The molecule has 4 rings (SSSR count). The second-order valence-corrected chi connectivity index (χ2v) is 5.70. The first kappa shape index (κ1) is 15.8. The summed E-state index contributed by atoms with van der Waals surface area (Å²) in [6.07, 6.45) is 1.47. The number of benzene rings is 3. The first-order valence-corrected chi connectivity index (χ1v) is 8.07. The highest BCUT2D eigenvalue weighted by molar-refractivity contribution is 6.21. The average molecular weight is 342 g/mol. The standard InChI is InChI=1S/C21H14N2O3/c24-20-18-11-4-5-12-19(18)21(25)23(20)22-14-15-7-6-10-17(13-15)26-16-8-2-1-3-9-16/h1-14H/b22-14+. The predicted molar refractivity (Wildman–Crippen MR) is 97.5 cm³/mol. The molecule has 26 heavy (non-hydrogen) atoms. The van der Waals surface area contributed by atoms with Crippen LogP contribution in [-0.2, 0) is 0 Å². The van der Waals surface area contributed by atoms with E-state index in [1.807, 2.05) is 48.5 Å². The van der Waals surface area contributed by atoms with Gasteiger partial charge in [0, 0.05) is 0 Å². The van der Waals surface area contributed by atoms with Crippen LogP contribution in [0.1, 0.15) is 26.3 Å². The van der Waals surface area contributed by atoms with E-state index in [9.17, 15) is 9.59 Å². The lowest BCUT2D eigenvalue weighted by molar-refractivity contribution is 0.0660. The van der Waals surface area contributed by atoms with Crippen LogP contribution in [0.3, 0.4) is 0 Å². The van der Waals surface area contributed by atoms with Crippen LogP contribution >= 0.6 is 0 Å². The molecule has 0 radical (unpaired) electrons. The van der Waals surface area contributed by atoms with Gasteiger partial charge in [-0.05, 0) is 42.0 Å². The first-order chi connectivity index (χ1) is 12.7. The molecule has 126 valence electrons. The third-order valence-corrected chi connectivity index (χ3v) is 3.93. The van der Waals surface area contributed by atoms with Crippen molar-refractivity contribution in [1.29, 1.82) is 0 Å². The maximum absolute atomic E-state index is 12.3. The van der Waals surface area contributed by atoms with Gasteiger partial charge in [0.05, 0.1) is 17.3 Å². The molecule has 2 amide bonds. The number of para-hydroxylation sites is 1. The molecule has 0 saturated heterocycles. The Hall–Kier alpha value is -3.73. The molecule has 0 aliphatic carbocycles. The van der Waals surface area contributed by atoms with Crippen LogP contribution in [0.15, 0.2) is 84.0 Å². The molecule has 0 N–H and O–H groups in total. The molecule has 1 aliphatic rings. The van der Waals surface area contributed by atoms with Gasteiger partial charge in [-0.3, -0.25) is 9.59 Å². The van der Waals surface area contributed by atoms with E-state index >= 15 is 0 Å². The number of carbonyl (C=O) groups excluding carboxylic acids is 2. The first-order valence-electron chi connectivity index (χ1n) is 8.07. The molecule has 5 nitrogen and oxygen atoms in total. The predicted octanol–water partition coefficient (Wildman–Crippen LogP) is 4.11. The summed E-state index contributed by atoms with van der Waals surface area (Å²) in [5.41, 5.74) is 1.46. The molecule has 0 bridgehead atoms. The van der Waals surface area contributed by atoms with Gasteiger partial charge in [0.2, 0.25) is 0 Å². The van der Waals surface area contributed by atoms with Gasteiger partial charge in [0.25, 0.3) is 11.8 Å². The van der Waals surface area contributed by atoms with Gasteiger partial charge in [-0.1, -0.05) is 42.5 Å². The van der Waals surface area contributed by atoms with Gasteiger partial charge < -0.3 is 4.74 Å². The lowest BCUT2D eigenvalue weighted by atomic mass is 10.1. The number of hydrogen-bond donors (Lipinski definition) is 0. The number of imide groups is 1. The van der Waals surface area contributed by atoms with E-state index in [0.717, 1.165) is 16.3 Å². The number of amides is 2. The fourth-order valence-electron chi connectivity index (χ4n) is 2.69. The molecule has 0 unspecified atom stereocenters. The minimum absolute atomic E-state index is 0.371. The number of nitrogens with zero attached hydrogens (tertiary/aromatic N) is 2. The lowest BCUT2D eigenvalue weighted by Crippen LogP contribution is -2.23. The van der Waals surface area contributed by atoms with Crippen molar-refractivity contribution in [3.63, 3.8) is 0 Å². The minimum atomic E-state index is -0.418. The summed E-state index contributed by atoms with van der Waals surface area (Å²) in [7, 11) is 0. The Bertz CT molecular complexity index is 978. The summed E-state index contributed by atoms with van der Waals surface area (Å²) in [6, 6.07) is 23.4. The van der Waals surface area contributed by atoms with E-state index in [1.54, 1.807) is 30.3 Å². The van der Waals surface area contributed by atoms with Crippen molar-refractivity contribution in [1.82, 2.24) is 5.01 Å². The molecule has 0 fully saturated rings. The average Bonchev–Trinajstić information content (AvgIpc) is 2.92. The van der Waals surface area contributed by atoms with Crippen LogP contribution in [0.25, 0.3) is 0 Å². The van der Waals surface area contributed by atoms with Crippen molar-refractivity contribution < 1.29 is 14.3 Å². The van der Waals surface area contributed by atoms with Crippen LogP contribution < -0.4 is 4.74 Å².